The summed E-state index contributed by atoms with van der Waals surface area (Å²) in [4.78, 5) is 15.0. The minimum absolute atomic E-state index is 0.0197. The number of rotatable bonds is 10. The molecule has 2 N–H and O–H groups in total. The quantitative estimate of drug-likeness (QED) is 0.377. The van der Waals surface area contributed by atoms with E-state index in [9.17, 15) is 26.7 Å². The second kappa shape index (κ2) is 13.6. The van der Waals surface area contributed by atoms with Gasteiger partial charge < -0.3 is 24.2 Å². The highest BCUT2D eigenvalue weighted by molar-refractivity contribution is 9.10. The average molecular weight is 719 g/mol. The largest absolute Gasteiger partial charge is 0.491 e. The SMILES string of the molecule is CNS(=O)(=O)c1cccc(OC[C@@H](O)CN(C(=O)OC(C)(C)C)C2COC3(CCN(S(=O)(=O)c4cccc(Br)c4)CC3)C2)c1. The fourth-order valence-corrected chi connectivity index (χ4v) is 8.10. The summed E-state index contributed by atoms with van der Waals surface area (Å²) in [6.07, 6.45) is -0.374. The molecule has 1 spiro atoms. The third-order valence-corrected chi connectivity index (χ3v) is 11.4. The van der Waals surface area contributed by atoms with Crippen molar-refractivity contribution in [1.29, 1.82) is 0 Å². The van der Waals surface area contributed by atoms with Gasteiger partial charge in [0, 0.05) is 23.6 Å². The van der Waals surface area contributed by atoms with Gasteiger partial charge in [0.05, 0.1) is 34.6 Å². The maximum absolute atomic E-state index is 13.3. The summed E-state index contributed by atoms with van der Waals surface area (Å²) in [5.41, 5.74) is -1.39. The number of benzene rings is 2. The van der Waals surface area contributed by atoms with Gasteiger partial charge in [0.15, 0.2) is 0 Å². The number of aliphatic hydroxyl groups is 1. The van der Waals surface area contributed by atoms with Gasteiger partial charge in [0.1, 0.15) is 24.1 Å². The Labute approximate surface area is 267 Å². The van der Waals surface area contributed by atoms with Crippen LogP contribution in [-0.4, -0.2) is 100 Å². The summed E-state index contributed by atoms with van der Waals surface area (Å²) in [7, 11) is -6.04. The number of amides is 1. The minimum atomic E-state index is -3.67. The second-order valence-corrected chi connectivity index (χ2v) is 16.7. The molecule has 0 saturated carbocycles. The van der Waals surface area contributed by atoms with E-state index in [1.807, 2.05) is 0 Å². The van der Waals surface area contributed by atoms with E-state index in [1.165, 1.54) is 34.5 Å². The Kier molecular flexibility index (Phi) is 10.7. The Morgan fingerprint density at radius 1 is 1.14 bits per heavy atom. The molecule has 0 aliphatic carbocycles. The van der Waals surface area contributed by atoms with E-state index in [2.05, 4.69) is 20.7 Å². The molecular weight excluding hydrogens is 678 g/mol. The molecule has 44 heavy (non-hydrogen) atoms. The van der Waals surface area contributed by atoms with Crippen LogP contribution in [0.15, 0.2) is 62.8 Å². The number of carbonyl (C=O) groups excluding carboxylic acids is 1. The highest BCUT2D eigenvalue weighted by Crippen LogP contribution is 2.39. The van der Waals surface area contributed by atoms with E-state index in [-0.39, 0.29) is 48.4 Å². The summed E-state index contributed by atoms with van der Waals surface area (Å²) in [5.74, 6) is 0.247. The Bertz CT molecular complexity index is 1540. The third kappa shape index (κ3) is 8.50. The molecule has 2 aromatic carbocycles. The molecule has 2 atom stereocenters. The highest BCUT2D eigenvalue weighted by atomic mass is 79.9. The molecule has 2 heterocycles. The number of hydrogen-bond donors (Lipinski definition) is 2. The Balaban J connectivity index is 1.41. The van der Waals surface area contributed by atoms with Crippen LogP contribution in [0.1, 0.15) is 40.0 Å². The van der Waals surface area contributed by atoms with Crippen LogP contribution in [0.5, 0.6) is 5.75 Å². The van der Waals surface area contributed by atoms with Gasteiger partial charge in [-0.05, 0) is 77.4 Å². The van der Waals surface area contributed by atoms with Crippen molar-refractivity contribution in [2.45, 2.75) is 73.2 Å². The summed E-state index contributed by atoms with van der Waals surface area (Å²) >= 11 is 3.33. The number of nitrogens with one attached hydrogen (secondary N) is 1. The van der Waals surface area contributed by atoms with Crippen LogP contribution in [0.4, 0.5) is 4.79 Å². The first-order valence-electron chi connectivity index (χ1n) is 14.3. The first kappa shape index (κ1) is 34.6. The van der Waals surface area contributed by atoms with Crippen molar-refractivity contribution in [3.8, 4) is 5.75 Å². The molecule has 2 aromatic rings. The van der Waals surface area contributed by atoms with Gasteiger partial charge in [-0.1, -0.05) is 28.1 Å². The Morgan fingerprint density at radius 3 is 2.43 bits per heavy atom. The van der Waals surface area contributed by atoms with Gasteiger partial charge in [0.2, 0.25) is 20.0 Å². The van der Waals surface area contributed by atoms with Gasteiger partial charge in [0.25, 0.3) is 0 Å². The molecule has 1 amide bonds. The number of ether oxygens (including phenoxy) is 3. The van der Waals surface area contributed by atoms with Gasteiger partial charge in [-0.25, -0.2) is 26.4 Å². The lowest BCUT2D eigenvalue weighted by Crippen LogP contribution is -2.50. The van der Waals surface area contributed by atoms with E-state index in [1.54, 1.807) is 51.1 Å². The molecule has 2 aliphatic heterocycles. The maximum atomic E-state index is 13.3. The standard InChI is InChI=1S/C29H40BrN3O9S2/c1-28(2,3)42-27(35)33(18-23(34)20-40-24-8-6-9-25(16-24)43(36,37)31-4)22-17-29(41-19-22)11-13-32(14-12-29)44(38,39)26-10-5-7-21(30)15-26/h5-10,15-16,22-23,31,34H,11-14,17-20H2,1-4H3/t22?,23-/m0/s1. The summed E-state index contributed by atoms with van der Waals surface area (Å²) in [6.45, 7) is 5.68. The molecular formula is C29H40BrN3O9S2. The Hall–Kier alpha value is -2.27. The van der Waals surface area contributed by atoms with Crippen LogP contribution in [0.2, 0.25) is 0 Å². The van der Waals surface area contributed by atoms with Crippen molar-refractivity contribution in [3.63, 3.8) is 0 Å². The number of aliphatic hydroxyl groups excluding tert-OH is 1. The van der Waals surface area contributed by atoms with Crippen LogP contribution < -0.4 is 9.46 Å². The van der Waals surface area contributed by atoms with Crippen LogP contribution in [0, 0.1) is 0 Å². The van der Waals surface area contributed by atoms with Crippen molar-refractivity contribution in [2.75, 3.05) is 39.9 Å². The number of carbonyl (C=O) groups is 1. The molecule has 2 saturated heterocycles. The molecule has 12 nitrogen and oxygen atoms in total. The lowest BCUT2D eigenvalue weighted by molar-refractivity contribution is -0.0329. The zero-order valence-electron chi connectivity index (χ0n) is 25.2. The normalized spacial score (nSPS) is 19.9. The number of hydrogen-bond acceptors (Lipinski definition) is 9. The molecule has 0 aromatic heterocycles. The first-order valence-corrected chi connectivity index (χ1v) is 18.0. The topological polar surface area (TPSA) is 152 Å². The van der Waals surface area contributed by atoms with E-state index < -0.39 is 49.5 Å². The van der Waals surface area contributed by atoms with Crippen molar-refractivity contribution in [1.82, 2.24) is 13.9 Å². The lowest BCUT2D eigenvalue weighted by atomic mass is 9.88. The third-order valence-electron chi connectivity index (χ3n) is 7.56. The fraction of sp³-hybridized carbons (Fsp3) is 0.552. The second-order valence-electron chi connectivity index (χ2n) is 12.0. The number of nitrogens with zero attached hydrogens (tertiary/aromatic N) is 2. The van der Waals surface area contributed by atoms with E-state index in [4.69, 9.17) is 14.2 Å². The highest BCUT2D eigenvalue weighted by Gasteiger charge is 2.47. The zero-order chi connectivity index (χ0) is 32.3. The molecule has 1 unspecified atom stereocenters. The molecule has 2 fully saturated rings. The van der Waals surface area contributed by atoms with Gasteiger partial charge in [-0.2, -0.15) is 4.31 Å². The van der Waals surface area contributed by atoms with E-state index >= 15 is 0 Å². The summed E-state index contributed by atoms with van der Waals surface area (Å²) in [6, 6.07) is 12.1. The maximum Gasteiger partial charge on any atom is 0.410 e. The molecule has 0 radical (unpaired) electrons. The summed E-state index contributed by atoms with van der Waals surface area (Å²) < 4.78 is 72.7. The van der Waals surface area contributed by atoms with Crippen LogP contribution in [0.25, 0.3) is 0 Å². The van der Waals surface area contributed by atoms with Crippen molar-refractivity contribution < 1.29 is 40.9 Å². The van der Waals surface area contributed by atoms with Crippen LogP contribution >= 0.6 is 15.9 Å². The number of piperidine rings is 1. The van der Waals surface area contributed by atoms with Gasteiger partial charge in [-0.15, -0.1) is 0 Å². The zero-order valence-corrected chi connectivity index (χ0v) is 28.5. The van der Waals surface area contributed by atoms with Crippen molar-refractivity contribution >= 4 is 42.1 Å². The molecule has 15 heteroatoms. The molecule has 244 valence electrons. The lowest BCUT2D eigenvalue weighted by Gasteiger charge is -2.38. The number of sulfonamides is 2. The van der Waals surface area contributed by atoms with Gasteiger partial charge >= 0.3 is 6.09 Å². The van der Waals surface area contributed by atoms with Gasteiger partial charge in [-0.3, -0.25) is 0 Å². The van der Waals surface area contributed by atoms with Crippen molar-refractivity contribution in [3.05, 3.63) is 53.0 Å². The van der Waals surface area contributed by atoms with E-state index in [0.717, 1.165) is 0 Å². The summed E-state index contributed by atoms with van der Waals surface area (Å²) in [5, 5.41) is 10.9. The molecule has 4 rings (SSSR count). The monoisotopic (exact) mass is 717 g/mol. The predicted molar refractivity (Wildman–Crippen MR) is 166 cm³/mol. The predicted octanol–water partition coefficient (Wildman–Crippen LogP) is 3.35. The smallest absolute Gasteiger partial charge is 0.410 e. The minimum Gasteiger partial charge on any atom is -0.491 e. The van der Waals surface area contributed by atoms with Crippen LogP contribution in [0.3, 0.4) is 0 Å². The van der Waals surface area contributed by atoms with Crippen molar-refractivity contribution in [2.24, 2.45) is 0 Å². The van der Waals surface area contributed by atoms with Crippen LogP contribution in [-0.2, 0) is 29.5 Å². The first-order chi connectivity index (χ1) is 20.5. The van der Waals surface area contributed by atoms with E-state index in [0.29, 0.717) is 23.7 Å². The number of halogens is 1. The molecule has 2 aliphatic rings. The Morgan fingerprint density at radius 2 is 1.80 bits per heavy atom. The fourth-order valence-electron chi connectivity index (χ4n) is 5.29. The average Bonchev–Trinajstić information content (AvgIpc) is 3.37. The molecule has 0 bridgehead atoms.